The minimum absolute atomic E-state index is 0.508. The van der Waals surface area contributed by atoms with Crippen molar-refractivity contribution in [1.82, 2.24) is 0 Å². The van der Waals surface area contributed by atoms with Gasteiger partial charge in [-0.1, -0.05) is 39.0 Å². The smallest absolute Gasteiger partial charge is 0.0348 e. The molecule has 13 heavy (non-hydrogen) atoms. The van der Waals surface area contributed by atoms with Crippen molar-refractivity contribution in [2.75, 3.05) is 5.75 Å². The second-order valence-corrected chi connectivity index (χ2v) is 5.89. The average molecular weight is 202 g/mol. The maximum atomic E-state index is 11.8. The van der Waals surface area contributed by atoms with Gasteiger partial charge in [0.05, 0.1) is 0 Å². The van der Waals surface area contributed by atoms with Gasteiger partial charge in [-0.3, -0.25) is 4.21 Å². The molecular weight excluding hydrogens is 180 g/mol. The summed E-state index contributed by atoms with van der Waals surface area (Å²) in [5, 5.41) is 0.547. The van der Waals surface area contributed by atoms with Crippen molar-refractivity contribution in [2.45, 2.75) is 63.5 Å². The van der Waals surface area contributed by atoms with Crippen molar-refractivity contribution < 1.29 is 4.21 Å². The van der Waals surface area contributed by atoms with Gasteiger partial charge in [0, 0.05) is 21.8 Å². The molecule has 78 valence electrons. The molecule has 0 spiro atoms. The quantitative estimate of drug-likeness (QED) is 0.625. The SMILES string of the molecule is CCCCCS(=O)C1CCCCC1. The second-order valence-electron chi connectivity index (χ2n) is 4.05. The third-order valence-corrected chi connectivity index (χ3v) is 4.78. The average Bonchev–Trinajstić information content (AvgIpc) is 2.19. The van der Waals surface area contributed by atoms with Crippen molar-refractivity contribution >= 4 is 10.8 Å². The molecule has 1 aliphatic carbocycles. The number of rotatable bonds is 5. The fourth-order valence-corrected chi connectivity index (χ4v) is 3.67. The van der Waals surface area contributed by atoms with E-state index < -0.39 is 10.8 Å². The molecule has 0 aromatic carbocycles. The van der Waals surface area contributed by atoms with E-state index in [0.717, 1.165) is 5.75 Å². The van der Waals surface area contributed by atoms with Crippen molar-refractivity contribution in [2.24, 2.45) is 0 Å². The first kappa shape index (κ1) is 11.2. The first-order valence-corrected chi connectivity index (χ1v) is 7.10. The molecule has 0 aliphatic heterocycles. The maximum Gasteiger partial charge on any atom is 0.0348 e. The van der Waals surface area contributed by atoms with Crippen LogP contribution in [-0.2, 0) is 10.8 Å². The summed E-state index contributed by atoms with van der Waals surface area (Å²) in [4.78, 5) is 0. The van der Waals surface area contributed by atoms with Crippen LogP contribution in [0.1, 0.15) is 58.3 Å². The summed E-state index contributed by atoms with van der Waals surface area (Å²) >= 11 is 0. The first-order valence-electron chi connectivity index (χ1n) is 5.71. The highest BCUT2D eigenvalue weighted by Gasteiger charge is 2.18. The molecule has 0 aromatic heterocycles. The summed E-state index contributed by atoms with van der Waals surface area (Å²) in [6.45, 7) is 2.20. The number of unbranched alkanes of at least 4 members (excludes halogenated alkanes) is 2. The third kappa shape index (κ3) is 4.26. The molecule has 1 nitrogen and oxygen atoms in total. The van der Waals surface area contributed by atoms with Gasteiger partial charge in [0.25, 0.3) is 0 Å². The highest BCUT2D eigenvalue weighted by Crippen LogP contribution is 2.22. The fourth-order valence-electron chi connectivity index (χ4n) is 1.99. The lowest BCUT2D eigenvalue weighted by molar-refractivity contribution is 0.504. The van der Waals surface area contributed by atoms with Crippen LogP contribution in [-0.4, -0.2) is 15.2 Å². The largest absolute Gasteiger partial charge is 0.259 e. The molecule has 0 saturated heterocycles. The minimum atomic E-state index is -0.508. The second kappa shape index (κ2) is 6.58. The van der Waals surface area contributed by atoms with E-state index in [9.17, 15) is 4.21 Å². The summed E-state index contributed by atoms with van der Waals surface area (Å²) < 4.78 is 11.8. The van der Waals surface area contributed by atoms with Crippen LogP contribution in [0.5, 0.6) is 0 Å². The lowest BCUT2D eigenvalue weighted by atomic mass is 10.0. The normalized spacial score (nSPS) is 21.6. The zero-order valence-corrected chi connectivity index (χ0v) is 9.57. The fraction of sp³-hybridized carbons (Fsp3) is 1.00. The van der Waals surface area contributed by atoms with Gasteiger partial charge in [-0.15, -0.1) is 0 Å². The zero-order valence-electron chi connectivity index (χ0n) is 8.76. The lowest BCUT2D eigenvalue weighted by Gasteiger charge is -2.20. The van der Waals surface area contributed by atoms with E-state index in [0.29, 0.717) is 5.25 Å². The van der Waals surface area contributed by atoms with E-state index in [1.165, 1.54) is 51.4 Å². The standard InChI is InChI=1S/C11H22OS/c1-2-3-7-10-13(12)11-8-5-4-6-9-11/h11H,2-10H2,1H3. The topological polar surface area (TPSA) is 17.1 Å². The van der Waals surface area contributed by atoms with Crippen LogP contribution in [0.2, 0.25) is 0 Å². The van der Waals surface area contributed by atoms with E-state index >= 15 is 0 Å². The predicted molar refractivity (Wildman–Crippen MR) is 59.4 cm³/mol. The van der Waals surface area contributed by atoms with Gasteiger partial charge in [-0.2, -0.15) is 0 Å². The maximum absolute atomic E-state index is 11.8. The van der Waals surface area contributed by atoms with Crippen molar-refractivity contribution in [3.63, 3.8) is 0 Å². The summed E-state index contributed by atoms with van der Waals surface area (Å²) in [7, 11) is -0.508. The summed E-state index contributed by atoms with van der Waals surface area (Å²) in [5.74, 6) is 0.957. The molecule has 0 amide bonds. The molecule has 1 saturated carbocycles. The van der Waals surface area contributed by atoms with Crippen LogP contribution in [0.4, 0.5) is 0 Å². The van der Waals surface area contributed by atoms with E-state index in [-0.39, 0.29) is 0 Å². The molecule has 0 radical (unpaired) electrons. The molecule has 0 aromatic rings. The molecular formula is C11H22OS. The summed E-state index contributed by atoms with van der Waals surface area (Å²) in [6.07, 6.45) is 10.1. The monoisotopic (exact) mass is 202 g/mol. The van der Waals surface area contributed by atoms with Crippen LogP contribution < -0.4 is 0 Å². The molecule has 2 heteroatoms. The van der Waals surface area contributed by atoms with Gasteiger partial charge in [0.1, 0.15) is 0 Å². The first-order chi connectivity index (χ1) is 6.34. The van der Waals surface area contributed by atoms with Crippen LogP contribution in [0.15, 0.2) is 0 Å². The van der Waals surface area contributed by atoms with E-state index in [4.69, 9.17) is 0 Å². The van der Waals surface area contributed by atoms with Crippen molar-refractivity contribution in [3.8, 4) is 0 Å². The van der Waals surface area contributed by atoms with Crippen molar-refractivity contribution in [3.05, 3.63) is 0 Å². The Morgan fingerprint density at radius 1 is 1.15 bits per heavy atom. The Morgan fingerprint density at radius 3 is 2.46 bits per heavy atom. The molecule has 0 heterocycles. The van der Waals surface area contributed by atoms with Gasteiger partial charge in [0.15, 0.2) is 0 Å². The molecule has 1 aliphatic rings. The molecule has 1 atom stereocenters. The third-order valence-electron chi connectivity index (χ3n) is 2.87. The van der Waals surface area contributed by atoms with Gasteiger partial charge in [0.2, 0.25) is 0 Å². The van der Waals surface area contributed by atoms with Crippen LogP contribution in [0.25, 0.3) is 0 Å². The van der Waals surface area contributed by atoms with Gasteiger partial charge in [-0.05, 0) is 19.3 Å². The highest BCUT2D eigenvalue weighted by molar-refractivity contribution is 7.85. The van der Waals surface area contributed by atoms with Crippen LogP contribution in [0, 0.1) is 0 Å². The van der Waals surface area contributed by atoms with Crippen LogP contribution >= 0.6 is 0 Å². The minimum Gasteiger partial charge on any atom is -0.259 e. The molecule has 0 bridgehead atoms. The van der Waals surface area contributed by atoms with Gasteiger partial charge in [-0.25, -0.2) is 0 Å². The highest BCUT2D eigenvalue weighted by atomic mass is 32.2. The lowest BCUT2D eigenvalue weighted by Crippen LogP contribution is -2.20. The molecule has 0 N–H and O–H groups in total. The molecule has 1 fully saturated rings. The molecule has 1 rings (SSSR count). The Hall–Kier alpha value is 0.150. The Labute approximate surface area is 84.8 Å². The summed E-state index contributed by atoms with van der Waals surface area (Å²) in [5.41, 5.74) is 0. The number of hydrogen-bond acceptors (Lipinski definition) is 1. The Balaban J connectivity index is 2.13. The van der Waals surface area contributed by atoms with Gasteiger partial charge < -0.3 is 0 Å². The summed E-state index contributed by atoms with van der Waals surface area (Å²) in [6, 6.07) is 0. The van der Waals surface area contributed by atoms with Crippen LogP contribution in [0.3, 0.4) is 0 Å². The van der Waals surface area contributed by atoms with Gasteiger partial charge >= 0.3 is 0 Å². The van der Waals surface area contributed by atoms with E-state index in [2.05, 4.69) is 6.92 Å². The van der Waals surface area contributed by atoms with Crippen molar-refractivity contribution in [1.29, 1.82) is 0 Å². The Morgan fingerprint density at radius 2 is 1.85 bits per heavy atom. The zero-order chi connectivity index (χ0) is 9.52. The van der Waals surface area contributed by atoms with E-state index in [1.54, 1.807) is 0 Å². The predicted octanol–water partition coefficient (Wildman–Crippen LogP) is 3.26. The molecule has 1 unspecified atom stereocenters. The number of hydrogen-bond donors (Lipinski definition) is 0. The van der Waals surface area contributed by atoms with E-state index in [1.807, 2.05) is 0 Å². The Kier molecular flexibility index (Phi) is 5.68. The Bertz CT molecular complexity index is 150.